The van der Waals surface area contributed by atoms with E-state index in [1.54, 1.807) is 6.33 Å². The van der Waals surface area contributed by atoms with Crippen LogP contribution in [-0.2, 0) is 6.42 Å². The topological polar surface area (TPSA) is 92.5 Å². The van der Waals surface area contributed by atoms with E-state index in [-0.39, 0.29) is 12.6 Å². The first kappa shape index (κ1) is 13.4. The van der Waals surface area contributed by atoms with E-state index in [9.17, 15) is 5.11 Å². The highest BCUT2D eigenvalue weighted by atomic mass is 16.3. The molecule has 0 aliphatic heterocycles. The van der Waals surface area contributed by atoms with E-state index < -0.39 is 0 Å². The van der Waals surface area contributed by atoms with Gasteiger partial charge < -0.3 is 9.67 Å². The van der Waals surface area contributed by atoms with Crippen LogP contribution in [-0.4, -0.2) is 41.9 Å². The number of aliphatic hydroxyl groups is 1. The Hall–Kier alpha value is -2.54. The van der Waals surface area contributed by atoms with Crippen molar-refractivity contribution in [1.29, 1.82) is 0 Å². The monoisotopic (exact) mass is 284 g/mol. The molecule has 0 radical (unpaired) electrons. The summed E-state index contributed by atoms with van der Waals surface area (Å²) in [4.78, 5) is 4.25. The van der Waals surface area contributed by atoms with Gasteiger partial charge in [-0.15, -0.1) is 10.2 Å². The first-order valence-electron chi connectivity index (χ1n) is 6.79. The maximum atomic E-state index is 9.60. The van der Waals surface area contributed by atoms with Crippen LogP contribution in [0.2, 0.25) is 0 Å². The molecule has 0 saturated carbocycles. The van der Waals surface area contributed by atoms with Crippen LogP contribution in [0, 0.1) is 0 Å². The Kier molecular flexibility index (Phi) is 4.02. The standard InChI is InChI=1S/C14H16N6O/c21-9-12(7-6-11-4-2-1-3-5-11)20-8-13(15-10-20)14-16-18-19-17-14/h1-5,8,10,12,21H,6-7,9H2,(H,16,17,18,19). The van der Waals surface area contributed by atoms with E-state index in [2.05, 4.69) is 37.7 Å². The second-order valence-corrected chi connectivity index (χ2v) is 4.80. The molecular weight excluding hydrogens is 268 g/mol. The lowest BCUT2D eigenvalue weighted by Gasteiger charge is -2.15. The molecule has 0 amide bonds. The number of rotatable bonds is 6. The molecule has 0 fully saturated rings. The van der Waals surface area contributed by atoms with Crippen molar-refractivity contribution < 1.29 is 5.11 Å². The van der Waals surface area contributed by atoms with Gasteiger partial charge in [0.15, 0.2) is 0 Å². The van der Waals surface area contributed by atoms with E-state index in [0.717, 1.165) is 12.8 Å². The summed E-state index contributed by atoms with van der Waals surface area (Å²) in [7, 11) is 0. The third kappa shape index (κ3) is 3.14. The molecule has 7 heteroatoms. The predicted molar refractivity (Wildman–Crippen MR) is 76.3 cm³/mol. The third-order valence-electron chi connectivity index (χ3n) is 3.42. The molecule has 0 saturated heterocycles. The first-order chi connectivity index (χ1) is 10.4. The van der Waals surface area contributed by atoms with Crippen molar-refractivity contribution >= 4 is 0 Å². The highest BCUT2D eigenvalue weighted by molar-refractivity contribution is 5.45. The van der Waals surface area contributed by atoms with Crippen molar-refractivity contribution in [2.45, 2.75) is 18.9 Å². The first-order valence-corrected chi connectivity index (χ1v) is 6.79. The molecule has 3 rings (SSSR count). The molecule has 0 spiro atoms. The number of aromatic amines is 1. The van der Waals surface area contributed by atoms with Gasteiger partial charge in [0.05, 0.1) is 19.0 Å². The van der Waals surface area contributed by atoms with Gasteiger partial charge in [0.1, 0.15) is 5.69 Å². The molecule has 1 atom stereocenters. The summed E-state index contributed by atoms with van der Waals surface area (Å²) >= 11 is 0. The summed E-state index contributed by atoms with van der Waals surface area (Å²) in [5.74, 6) is 0.452. The van der Waals surface area contributed by atoms with E-state index >= 15 is 0 Å². The van der Waals surface area contributed by atoms with Crippen molar-refractivity contribution in [2.75, 3.05) is 6.61 Å². The zero-order valence-electron chi connectivity index (χ0n) is 11.4. The second-order valence-electron chi connectivity index (χ2n) is 4.80. The zero-order chi connectivity index (χ0) is 14.5. The van der Waals surface area contributed by atoms with Crippen LogP contribution in [0.25, 0.3) is 11.5 Å². The number of hydrogen-bond donors (Lipinski definition) is 2. The number of nitrogens with zero attached hydrogens (tertiary/aromatic N) is 5. The molecule has 7 nitrogen and oxygen atoms in total. The van der Waals surface area contributed by atoms with E-state index in [0.29, 0.717) is 11.5 Å². The average molecular weight is 284 g/mol. The van der Waals surface area contributed by atoms with Gasteiger partial charge in [-0.2, -0.15) is 5.21 Å². The van der Waals surface area contributed by atoms with Crippen LogP contribution < -0.4 is 0 Å². The maximum Gasteiger partial charge on any atom is 0.224 e. The molecule has 1 unspecified atom stereocenters. The summed E-state index contributed by atoms with van der Waals surface area (Å²) in [5, 5.41) is 23.3. The van der Waals surface area contributed by atoms with Crippen molar-refractivity contribution in [3.63, 3.8) is 0 Å². The fourth-order valence-electron chi connectivity index (χ4n) is 2.23. The van der Waals surface area contributed by atoms with Crippen LogP contribution in [0.4, 0.5) is 0 Å². The number of hydrogen-bond acceptors (Lipinski definition) is 5. The van der Waals surface area contributed by atoms with E-state index in [1.165, 1.54) is 5.56 Å². The van der Waals surface area contributed by atoms with Crippen LogP contribution >= 0.6 is 0 Å². The van der Waals surface area contributed by atoms with Crippen molar-refractivity contribution in [3.8, 4) is 11.5 Å². The summed E-state index contributed by atoms with van der Waals surface area (Å²) < 4.78 is 1.90. The quantitative estimate of drug-likeness (QED) is 0.710. The Bertz CT molecular complexity index is 664. The van der Waals surface area contributed by atoms with Gasteiger partial charge in [-0.25, -0.2) is 4.98 Å². The molecular formula is C14H16N6O. The fourth-order valence-corrected chi connectivity index (χ4v) is 2.23. The van der Waals surface area contributed by atoms with E-state index in [1.807, 2.05) is 29.0 Å². The molecule has 3 aromatic rings. The number of tetrazole rings is 1. The lowest BCUT2D eigenvalue weighted by Crippen LogP contribution is -2.12. The van der Waals surface area contributed by atoms with Gasteiger partial charge in [0, 0.05) is 6.20 Å². The number of nitrogens with one attached hydrogen (secondary N) is 1. The highest BCUT2D eigenvalue weighted by Gasteiger charge is 2.13. The Balaban J connectivity index is 1.69. The summed E-state index contributed by atoms with van der Waals surface area (Å²) in [5.41, 5.74) is 1.90. The predicted octanol–water partition coefficient (Wildman–Crippen LogP) is 1.23. The maximum absolute atomic E-state index is 9.60. The van der Waals surface area contributed by atoms with Gasteiger partial charge in [-0.1, -0.05) is 30.3 Å². The molecule has 108 valence electrons. The smallest absolute Gasteiger partial charge is 0.224 e. The summed E-state index contributed by atoms with van der Waals surface area (Å²) in [6.07, 6.45) is 5.26. The number of aliphatic hydroxyl groups excluding tert-OH is 1. The second kappa shape index (κ2) is 6.27. The van der Waals surface area contributed by atoms with Crippen molar-refractivity contribution in [1.82, 2.24) is 30.2 Å². The Labute approximate surface area is 121 Å². The molecule has 0 bridgehead atoms. The van der Waals surface area contributed by atoms with Crippen LogP contribution in [0.3, 0.4) is 0 Å². The minimum Gasteiger partial charge on any atom is -0.394 e. The third-order valence-corrected chi connectivity index (χ3v) is 3.42. The lowest BCUT2D eigenvalue weighted by atomic mass is 10.1. The van der Waals surface area contributed by atoms with Gasteiger partial charge in [0.2, 0.25) is 5.82 Å². The Morgan fingerprint density at radius 3 is 2.81 bits per heavy atom. The van der Waals surface area contributed by atoms with Gasteiger partial charge in [-0.3, -0.25) is 0 Å². The van der Waals surface area contributed by atoms with Crippen molar-refractivity contribution in [3.05, 3.63) is 48.4 Å². The molecule has 21 heavy (non-hydrogen) atoms. The Morgan fingerprint density at radius 1 is 1.24 bits per heavy atom. The Morgan fingerprint density at radius 2 is 2.10 bits per heavy atom. The molecule has 1 aromatic carbocycles. The molecule has 2 aromatic heterocycles. The normalized spacial score (nSPS) is 12.4. The minimum absolute atomic E-state index is 0.0154. The SMILES string of the molecule is OCC(CCc1ccccc1)n1cnc(-c2nn[nH]n2)c1. The number of imidazole rings is 1. The molecule has 2 N–H and O–H groups in total. The van der Waals surface area contributed by atoms with Gasteiger partial charge in [0.25, 0.3) is 0 Å². The fraction of sp³-hybridized carbons (Fsp3) is 0.286. The average Bonchev–Trinajstić information content (AvgIpc) is 3.20. The summed E-state index contributed by atoms with van der Waals surface area (Å²) in [6.45, 7) is 0.0644. The number of H-pyrrole nitrogens is 1. The van der Waals surface area contributed by atoms with Crippen LogP contribution in [0.1, 0.15) is 18.0 Å². The van der Waals surface area contributed by atoms with Gasteiger partial charge in [-0.05, 0) is 23.6 Å². The lowest BCUT2D eigenvalue weighted by molar-refractivity contribution is 0.220. The largest absolute Gasteiger partial charge is 0.394 e. The van der Waals surface area contributed by atoms with E-state index in [4.69, 9.17) is 0 Å². The van der Waals surface area contributed by atoms with Crippen LogP contribution in [0.5, 0.6) is 0 Å². The summed E-state index contributed by atoms with van der Waals surface area (Å²) in [6, 6.07) is 10.2. The van der Waals surface area contributed by atoms with Gasteiger partial charge >= 0.3 is 0 Å². The minimum atomic E-state index is -0.0154. The molecule has 0 aliphatic carbocycles. The number of benzene rings is 1. The molecule has 2 heterocycles. The number of aryl methyl sites for hydroxylation is 1. The number of aromatic nitrogens is 6. The molecule has 0 aliphatic rings. The zero-order valence-corrected chi connectivity index (χ0v) is 11.4. The van der Waals surface area contributed by atoms with Crippen LogP contribution in [0.15, 0.2) is 42.9 Å². The van der Waals surface area contributed by atoms with Crippen molar-refractivity contribution in [2.24, 2.45) is 0 Å². The highest BCUT2D eigenvalue weighted by Crippen LogP contribution is 2.18.